The highest BCUT2D eigenvalue weighted by molar-refractivity contribution is 5.93. The molecule has 2 aromatic rings. The highest BCUT2D eigenvalue weighted by atomic mass is 16.5. The van der Waals surface area contributed by atoms with Gasteiger partial charge in [0.2, 0.25) is 0 Å². The number of amides is 1. The summed E-state index contributed by atoms with van der Waals surface area (Å²) < 4.78 is 15.5. The summed E-state index contributed by atoms with van der Waals surface area (Å²) in [5, 5.41) is 6.04. The van der Waals surface area contributed by atoms with Gasteiger partial charge in [0.05, 0.1) is 19.9 Å². The van der Waals surface area contributed by atoms with Gasteiger partial charge in [-0.3, -0.25) is 9.78 Å². The molecule has 0 bridgehead atoms. The molecule has 1 heterocycles. The average Bonchev–Trinajstić information content (AvgIpc) is 2.65. The highest BCUT2D eigenvalue weighted by Crippen LogP contribution is 2.31. The van der Waals surface area contributed by atoms with Crippen LogP contribution in [0.15, 0.2) is 36.5 Å². The Hall–Kier alpha value is -2.80. The monoisotopic (exact) mass is 345 g/mol. The lowest BCUT2D eigenvalue weighted by Gasteiger charge is -2.13. The summed E-state index contributed by atoms with van der Waals surface area (Å²) >= 11 is 0. The predicted octanol–water partition coefficient (Wildman–Crippen LogP) is 2.61. The minimum absolute atomic E-state index is 0.225. The molecule has 2 N–H and O–H groups in total. The Balaban J connectivity index is 2.10. The van der Waals surface area contributed by atoms with Crippen LogP contribution in [-0.2, 0) is 4.74 Å². The van der Waals surface area contributed by atoms with Crippen molar-refractivity contribution in [1.82, 2.24) is 10.3 Å². The van der Waals surface area contributed by atoms with Crippen LogP contribution in [-0.4, -0.2) is 45.4 Å². The topological polar surface area (TPSA) is 81.7 Å². The number of aromatic nitrogens is 1. The van der Waals surface area contributed by atoms with Gasteiger partial charge >= 0.3 is 0 Å². The molecule has 1 aromatic carbocycles. The number of ether oxygens (including phenoxy) is 3. The number of benzene rings is 1. The lowest BCUT2D eigenvalue weighted by atomic mass is 10.2. The van der Waals surface area contributed by atoms with E-state index in [1.54, 1.807) is 39.7 Å². The maximum Gasteiger partial charge on any atom is 0.269 e. The Morgan fingerprint density at radius 2 is 1.96 bits per heavy atom. The van der Waals surface area contributed by atoms with Gasteiger partial charge in [0.15, 0.2) is 0 Å². The molecule has 0 atom stereocenters. The van der Waals surface area contributed by atoms with E-state index in [0.717, 1.165) is 17.8 Å². The third-order valence-corrected chi connectivity index (χ3v) is 3.49. The molecule has 1 aromatic heterocycles. The summed E-state index contributed by atoms with van der Waals surface area (Å²) in [6, 6.07) is 8.91. The highest BCUT2D eigenvalue weighted by Gasteiger charge is 2.10. The van der Waals surface area contributed by atoms with E-state index in [2.05, 4.69) is 15.6 Å². The van der Waals surface area contributed by atoms with Gasteiger partial charge in [-0.25, -0.2) is 0 Å². The smallest absolute Gasteiger partial charge is 0.269 e. The summed E-state index contributed by atoms with van der Waals surface area (Å²) in [6.45, 7) is 1.14. The van der Waals surface area contributed by atoms with Crippen LogP contribution >= 0.6 is 0 Å². The first-order valence-corrected chi connectivity index (χ1v) is 7.90. The van der Waals surface area contributed by atoms with Gasteiger partial charge < -0.3 is 24.8 Å². The largest absolute Gasteiger partial charge is 0.497 e. The number of carbonyl (C=O) groups excluding carboxylic acids is 1. The van der Waals surface area contributed by atoms with Gasteiger partial charge in [-0.15, -0.1) is 0 Å². The number of hydrogen-bond acceptors (Lipinski definition) is 6. The van der Waals surface area contributed by atoms with Crippen LogP contribution in [0.2, 0.25) is 0 Å². The molecule has 0 fully saturated rings. The Bertz CT molecular complexity index is 706. The fourth-order valence-electron chi connectivity index (χ4n) is 2.21. The van der Waals surface area contributed by atoms with E-state index in [1.165, 1.54) is 0 Å². The van der Waals surface area contributed by atoms with Crippen LogP contribution in [0.25, 0.3) is 0 Å². The first-order valence-electron chi connectivity index (χ1n) is 7.90. The van der Waals surface area contributed by atoms with Crippen molar-refractivity contribution in [3.63, 3.8) is 0 Å². The number of nitrogens with one attached hydrogen (secondary N) is 2. The third-order valence-electron chi connectivity index (χ3n) is 3.49. The van der Waals surface area contributed by atoms with Crippen molar-refractivity contribution in [3.8, 4) is 11.5 Å². The maximum absolute atomic E-state index is 12.1. The molecular formula is C18H23N3O4. The minimum Gasteiger partial charge on any atom is -0.497 e. The fourth-order valence-corrected chi connectivity index (χ4v) is 2.21. The minimum atomic E-state index is -0.225. The van der Waals surface area contributed by atoms with E-state index in [4.69, 9.17) is 14.2 Å². The molecule has 1 amide bonds. The van der Waals surface area contributed by atoms with Crippen LogP contribution in [0.5, 0.6) is 11.5 Å². The molecule has 0 aliphatic heterocycles. The standard InChI is InChI=1S/C18H23N3O4/c1-23-10-4-8-20-18(22)16-11-13(7-9-19-16)21-15-12-14(24-2)5-6-17(15)25-3/h5-7,9,11-12H,4,8,10H2,1-3H3,(H,19,21)(H,20,22). The lowest BCUT2D eigenvalue weighted by Crippen LogP contribution is -2.26. The molecule has 0 radical (unpaired) electrons. The van der Waals surface area contributed by atoms with Crippen LogP contribution < -0.4 is 20.1 Å². The number of carbonyl (C=O) groups is 1. The van der Waals surface area contributed by atoms with Crippen molar-refractivity contribution in [2.75, 3.05) is 39.8 Å². The Morgan fingerprint density at radius 1 is 1.12 bits per heavy atom. The molecule has 0 saturated carbocycles. The zero-order chi connectivity index (χ0) is 18.1. The van der Waals surface area contributed by atoms with Crippen LogP contribution in [0.3, 0.4) is 0 Å². The molecule has 0 aliphatic carbocycles. The van der Waals surface area contributed by atoms with E-state index < -0.39 is 0 Å². The summed E-state index contributed by atoms with van der Waals surface area (Å²) in [5.74, 6) is 1.15. The maximum atomic E-state index is 12.1. The van der Waals surface area contributed by atoms with E-state index in [1.807, 2.05) is 18.2 Å². The summed E-state index contributed by atoms with van der Waals surface area (Å²) in [6.07, 6.45) is 2.33. The van der Waals surface area contributed by atoms with E-state index in [-0.39, 0.29) is 5.91 Å². The van der Waals surface area contributed by atoms with Gasteiger partial charge in [0, 0.05) is 38.2 Å². The normalized spacial score (nSPS) is 10.2. The van der Waals surface area contributed by atoms with E-state index >= 15 is 0 Å². The Morgan fingerprint density at radius 3 is 2.68 bits per heavy atom. The van der Waals surface area contributed by atoms with Gasteiger partial charge in [-0.05, 0) is 30.7 Å². The lowest BCUT2D eigenvalue weighted by molar-refractivity contribution is 0.0943. The van der Waals surface area contributed by atoms with Crippen molar-refractivity contribution in [2.45, 2.75) is 6.42 Å². The van der Waals surface area contributed by atoms with Gasteiger partial charge in [-0.1, -0.05) is 0 Å². The molecule has 25 heavy (non-hydrogen) atoms. The van der Waals surface area contributed by atoms with Crippen molar-refractivity contribution >= 4 is 17.3 Å². The van der Waals surface area contributed by atoms with Crippen LogP contribution in [0, 0.1) is 0 Å². The van der Waals surface area contributed by atoms with Gasteiger partial charge in [-0.2, -0.15) is 0 Å². The Labute approximate surface area is 147 Å². The molecule has 7 heteroatoms. The summed E-state index contributed by atoms with van der Waals surface area (Å²) in [4.78, 5) is 16.3. The quantitative estimate of drug-likeness (QED) is 0.680. The first kappa shape index (κ1) is 18.5. The van der Waals surface area contributed by atoms with E-state index in [9.17, 15) is 4.79 Å². The Kier molecular flexibility index (Phi) is 7.03. The zero-order valence-corrected chi connectivity index (χ0v) is 14.7. The second kappa shape index (κ2) is 9.48. The number of nitrogens with zero attached hydrogens (tertiary/aromatic N) is 1. The fraction of sp³-hybridized carbons (Fsp3) is 0.333. The molecule has 0 spiro atoms. The van der Waals surface area contributed by atoms with Crippen molar-refractivity contribution in [1.29, 1.82) is 0 Å². The molecule has 7 nitrogen and oxygen atoms in total. The second-order valence-corrected chi connectivity index (χ2v) is 5.22. The summed E-state index contributed by atoms with van der Waals surface area (Å²) in [7, 11) is 4.83. The molecule has 0 aliphatic rings. The van der Waals surface area contributed by atoms with Crippen LogP contribution in [0.4, 0.5) is 11.4 Å². The van der Waals surface area contributed by atoms with Crippen LogP contribution in [0.1, 0.15) is 16.9 Å². The second-order valence-electron chi connectivity index (χ2n) is 5.22. The first-order chi connectivity index (χ1) is 12.2. The number of methoxy groups -OCH3 is 3. The number of pyridine rings is 1. The summed E-state index contributed by atoms with van der Waals surface area (Å²) in [5.41, 5.74) is 1.80. The molecule has 0 saturated heterocycles. The molecular weight excluding hydrogens is 322 g/mol. The third kappa shape index (κ3) is 5.36. The predicted molar refractivity (Wildman–Crippen MR) is 95.9 cm³/mol. The molecule has 134 valence electrons. The molecule has 2 rings (SSSR count). The van der Waals surface area contributed by atoms with Crippen molar-refractivity contribution < 1.29 is 19.0 Å². The number of rotatable bonds is 9. The van der Waals surface area contributed by atoms with E-state index in [0.29, 0.717) is 30.3 Å². The SMILES string of the molecule is COCCCNC(=O)c1cc(Nc2cc(OC)ccc2OC)ccn1. The zero-order valence-electron chi connectivity index (χ0n) is 14.7. The van der Waals surface area contributed by atoms with Gasteiger partial charge in [0.25, 0.3) is 5.91 Å². The van der Waals surface area contributed by atoms with Crippen molar-refractivity contribution in [3.05, 3.63) is 42.2 Å². The van der Waals surface area contributed by atoms with Crippen molar-refractivity contribution in [2.24, 2.45) is 0 Å². The average molecular weight is 345 g/mol. The van der Waals surface area contributed by atoms with Gasteiger partial charge in [0.1, 0.15) is 17.2 Å². The number of anilines is 2. The number of hydrogen-bond donors (Lipinski definition) is 2. The molecule has 0 unspecified atom stereocenters.